The Labute approximate surface area is 164 Å². The lowest BCUT2D eigenvalue weighted by atomic mass is 10.0. The van der Waals surface area contributed by atoms with Gasteiger partial charge in [-0.25, -0.2) is 4.39 Å². The van der Waals surface area contributed by atoms with Gasteiger partial charge in [-0.15, -0.1) is 0 Å². The molecule has 0 radical (unpaired) electrons. The standard InChI is InChI=1S/C21H18FN3O4/c1-11-10-25-18-15(11)13(8-12-2-4-14(22)5-3-12)9-24-17(18)19(27)16(21(25)29)20(28)23-6-7-26/h2-5,9-10,26-27H,6-8H2,1H3,(H,23,28). The molecule has 29 heavy (non-hydrogen) atoms. The number of aromatic nitrogens is 2. The third-order valence-corrected chi connectivity index (χ3v) is 4.92. The molecule has 3 N–H and O–H groups in total. The number of rotatable bonds is 5. The zero-order valence-corrected chi connectivity index (χ0v) is 15.6. The van der Waals surface area contributed by atoms with Crippen LogP contribution in [0.4, 0.5) is 4.39 Å². The van der Waals surface area contributed by atoms with Gasteiger partial charge in [0.2, 0.25) is 0 Å². The first kappa shape index (κ1) is 18.8. The number of halogens is 1. The fourth-order valence-corrected chi connectivity index (χ4v) is 3.63. The van der Waals surface area contributed by atoms with Crippen LogP contribution in [0.2, 0.25) is 0 Å². The van der Waals surface area contributed by atoms with E-state index in [2.05, 4.69) is 10.3 Å². The lowest BCUT2D eigenvalue weighted by Gasteiger charge is -2.11. The number of amides is 1. The number of carbonyl (C=O) groups is 1. The molecule has 0 saturated carbocycles. The number of aliphatic hydroxyl groups is 1. The second-order valence-corrected chi connectivity index (χ2v) is 6.85. The predicted octanol–water partition coefficient (Wildman–Crippen LogP) is 1.75. The maximum atomic E-state index is 13.2. The Balaban J connectivity index is 1.91. The molecule has 0 aliphatic heterocycles. The van der Waals surface area contributed by atoms with E-state index in [-0.39, 0.29) is 24.5 Å². The van der Waals surface area contributed by atoms with Crippen LogP contribution in [0.3, 0.4) is 0 Å². The fraction of sp³-hybridized carbons (Fsp3) is 0.190. The molecule has 148 valence electrons. The predicted molar refractivity (Wildman–Crippen MR) is 105 cm³/mol. The summed E-state index contributed by atoms with van der Waals surface area (Å²) in [6, 6.07) is 6.12. The Hall–Kier alpha value is -3.52. The van der Waals surface area contributed by atoms with E-state index in [0.717, 1.165) is 22.1 Å². The Bertz CT molecular complexity index is 1280. The van der Waals surface area contributed by atoms with Gasteiger partial charge < -0.3 is 15.5 Å². The summed E-state index contributed by atoms with van der Waals surface area (Å²) in [5.74, 6) is -1.59. The largest absolute Gasteiger partial charge is 0.505 e. The normalized spacial score (nSPS) is 11.4. The number of aromatic hydroxyl groups is 1. The SMILES string of the molecule is Cc1cn2c(=O)c(C(=O)NCCO)c(O)c3ncc(Cc4ccc(F)cc4)c1c32. The van der Waals surface area contributed by atoms with Crippen LogP contribution in [0.15, 0.2) is 41.5 Å². The second kappa shape index (κ2) is 7.14. The zero-order chi connectivity index (χ0) is 20.7. The minimum atomic E-state index is -0.774. The summed E-state index contributed by atoms with van der Waals surface area (Å²) in [5, 5.41) is 22.6. The van der Waals surface area contributed by atoms with Crippen molar-refractivity contribution >= 4 is 22.3 Å². The number of nitrogens with zero attached hydrogens (tertiary/aromatic N) is 2. The first-order valence-electron chi connectivity index (χ1n) is 9.03. The van der Waals surface area contributed by atoms with E-state index in [0.29, 0.717) is 11.9 Å². The van der Waals surface area contributed by atoms with Crippen molar-refractivity contribution in [1.82, 2.24) is 14.7 Å². The number of aliphatic hydroxyl groups excluding tert-OH is 1. The van der Waals surface area contributed by atoms with Gasteiger partial charge in [0.25, 0.3) is 11.5 Å². The topological polar surface area (TPSA) is 104 Å². The molecule has 1 aromatic carbocycles. The molecule has 0 saturated heterocycles. The third-order valence-electron chi connectivity index (χ3n) is 4.92. The van der Waals surface area contributed by atoms with Gasteiger partial charge in [0.05, 0.1) is 12.1 Å². The molecule has 0 fully saturated rings. The van der Waals surface area contributed by atoms with Crippen molar-refractivity contribution in [3.63, 3.8) is 0 Å². The lowest BCUT2D eigenvalue weighted by molar-refractivity contribution is 0.0940. The van der Waals surface area contributed by atoms with Gasteiger partial charge in [-0.3, -0.25) is 19.0 Å². The van der Waals surface area contributed by atoms with E-state index in [1.54, 1.807) is 24.5 Å². The van der Waals surface area contributed by atoms with Crippen molar-refractivity contribution in [3.8, 4) is 5.75 Å². The van der Waals surface area contributed by atoms with E-state index >= 15 is 0 Å². The van der Waals surface area contributed by atoms with Crippen molar-refractivity contribution < 1.29 is 19.4 Å². The fourth-order valence-electron chi connectivity index (χ4n) is 3.63. The van der Waals surface area contributed by atoms with Gasteiger partial charge in [0.15, 0.2) is 5.75 Å². The number of carbonyl (C=O) groups excluding carboxylic acids is 1. The second-order valence-electron chi connectivity index (χ2n) is 6.85. The molecule has 0 unspecified atom stereocenters. The molecule has 0 bridgehead atoms. The summed E-state index contributed by atoms with van der Waals surface area (Å²) in [4.78, 5) is 29.5. The van der Waals surface area contributed by atoms with E-state index in [1.165, 1.54) is 16.5 Å². The Morgan fingerprint density at radius 2 is 2.00 bits per heavy atom. The maximum absolute atomic E-state index is 13.2. The monoisotopic (exact) mass is 395 g/mol. The molecular weight excluding hydrogens is 377 g/mol. The summed E-state index contributed by atoms with van der Waals surface area (Å²) < 4.78 is 14.5. The van der Waals surface area contributed by atoms with E-state index < -0.39 is 22.8 Å². The highest BCUT2D eigenvalue weighted by Crippen LogP contribution is 2.33. The summed E-state index contributed by atoms with van der Waals surface area (Å²) in [7, 11) is 0. The van der Waals surface area contributed by atoms with Crippen LogP contribution >= 0.6 is 0 Å². The van der Waals surface area contributed by atoms with Gasteiger partial charge in [0.1, 0.15) is 16.9 Å². The summed E-state index contributed by atoms with van der Waals surface area (Å²) in [5.41, 5.74) is 1.99. The van der Waals surface area contributed by atoms with Gasteiger partial charge in [-0.2, -0.15) is 0 Å². The van der Waals surface area contributed by atoms with Gasteiger partial charge >= 0.3 is 0 Å². The number of pyridine rings is 2. The molecule has 7 nitrogen and oxygen atoms in total. The van der Waals surface area contributed by atoms with Crippen molar-refractivity contribution in [3.05, 3.63) is 75.1 Å². The smallest absolute Gasteiger partial charge is 0.271 e. The third kappa shape index (κ3) is 3.07. The van der Waals surface area contributed by atoms with E-state index in [4.69, 9.17) is 5.11 Å². The first-order valence-corrected chi connectivity index (χ1v) is 9.03. The minimum Gasteiger partial charge on any atom is -0.505 e. The Morgan fingerprint density at radius 1 is 1.28 bits per heavy atom. The average molecular weight is 395 g/mol. The summed E-state index contributed by atoms with van der Waals surface area (Å²) in [6.07, 6.45) is 3.67. The Morgan fingerprint density at radius 3 is 2.69 bits per heavy atom. The molecule has 4 aromatic rings. The maximum Gasteiger partial charge on any atom is 0.271 e. The molecule has 0 aliphatic rings. The van der Waals surface area contributed by atoms with Crippen LogP contribution in [-0.4, -0.2) is 38.7 Å². The highest BCUT2D eigenvalue weighted by molar-refractivity contribution is 6.06. The van der Waals surface area contributed by atoms with E-state index in [1.807, 2.05) is 6.92 Å². The van der Waals surface area contributed by atoms with Crippen LogP contribution in [0.25, 0.3) is 16.4 Å². The first-order chi connectivity index (χ1) is 13.9. The molecule has 4 rings (SSSR count). The lowest BCUT2D eigenvalue weighted by Crippen LogP contribution is -2.32. The summed E-state index contributed by atoms with van der Waals surface area (Å²) >= 11 is 0. The molecule has 0 aliphatic carbocycles. The highest BCUT2D eigenvalue weighted by atomic mass is 19.1. The molecule has 1 amide bonds. The van der Waals surface area contributed by atoms with Crippen LogP contribution in [0.1, 0.15) is 27.0 Å². The molecule has 3 aromatic heterocycles. The molecule has 3 heterocycles. The number of aryl methyl sites for hydroxylation is 1. The van der Waals surface area contributed by atoms with Crippen molar-refractivity contribution in [2.24, 2.45) is 0 Å². The molecular formula is C21H18FN3O4. The quantitative estimate of drug-likeness (QED) is 0.478. The summed E-state index contributed by atoms with van der Waals surface area (Å²) in [6.45, 7) is 1.50. The minimum absolute atomic E-state index is 0.0418. The van der Waals surface area contributed by atoms with Crippen LogP contribution in [-0.2, 0) is 6.42 Å². The van der Waals surface area contributed by atoms with Crippen LogP contribution in [0, 0.1) is 12.7 Å². The van der Waals surface area contributed by atoms with Crippen molar-refractivity contribution in [1.29, 1.82) is 0 Å². The van der Waals surface area contributed by atoms with Gasteiger partial charge in [-0.05, 0) is 42.2 Å². The Kier molecular flexibility index (Phi) is 4.63. The van der Waals surface area contributed by atoms with Gasteiger partial charge in [0, 0.05) is 24.3 Å². The number of hydrogen-bond donors (Lipinski definition) is 3. The number of nitrogens with one attached hydrogen (secondary N) is 1. The molecule has 0 atom stereocenters. The van der Waals surface area contributed by atoms with Crippen molar-refractivity contribution in [2.75, 3.05) is 13.2 Å². The highest BCUT2D eigenvalue weighted by Gasteiger charge is 2.25. The average Bonchev–Trinajstić information content (AvgIpc) is 3.06. The van der Waals surface area contributed by atoms with Crippen LogP contribution in [0.5, 0.6) is 5.75 Å². The zero-order valence-electron chi connectivity index (χ0n) is 15.6. The van der Waals surface area contributed by atoms with E-state index in [9.17, 15) is 19.1 Å². The van der Waals surface area contributed by atoms with Gasteiger partial charge in [-0.1, -0.05) is 12.1 Å². The molecule has 8 heteroatoms. The van der Waals surface area contributed by atoms with Crippen molar-refractivity contribution in [2.45, 2.75) is 13.3 Å². The number of benzene rings is 1. The molecule has 0 spiro atoms. The van der Waals surface area contributed by atoms with Crippen LogP contribution < -0.4 is 10.9 Å². The number of hydrogen-bond acceptors (Lipinski definition) is 5.